The van der Waals surface area contributed by atoms with Gasteiger partial charge in [0.05, 0.1) is 24.7 Å². The summed E-state index contributed by atoms with van der Waals surface area (Å²) < 4.78 is 23.2. The molecule has 3 saturated carbocycles. The number of aliphatic hydroxyl groups excluding tert-OH is 2. The van der Waals surface area contributed by atoms with Crippen LogP contribution in [0.15, 0.2) is 65.8 Å². The number of hydrogen-bond acceptors (Lipinski definition) is 12. The molecule has 2 N–H and O–H groups in total. The Kier molecular flexibility index (Phi) is 16.1. The average Bonchev–Trinajstić information content (AvgIpc) is 3.89. The molecule has 1 spiro atoms. The summed E-state index contributed by atoms with van der Waals surface area (Å²) in [5, 5.41) is 21.3. The summed E-state index contributed by atoms with van der Waals surface area (Å²) in [6, 6.07) is 9.97. The van der Waals surface area contributed by atoms with Gasteiger partial charge in [0.2, 0.25) is 5.78 Å². The molecule has 7 rings (SSSR count). The Labute approximate surface area is 383 Å². The molecule has 12 heteroatoms. The van der Waals surface area contributed by atoms with Gasteiger partial charge >= 0.3 is 17.2 Å². The lowest BCUT2D eigenvalue weighted by Crippen LogP contribution is -2.54. The highest BCUT2D eigenvalue weighted by Crippen LogP contribution is 2.69. The highest BCUT2D eigenvalue weighted by Gasteiger charge is 2.70. The van der Waals surface area contributed by atoms with Crippen LogP contribution >= 0.6 is 11.8 Å². The summed E-state index contributed by atoms with van der Waals surface area (Å²) >= 11 is 0.914. The van der Waals surface area contributed by atoms with E-state index in [4.69, 9.17) is 18.9 Å². The molecule has 11 nitrogen and oxygen atoms in total. The number of hydrogen-bond donors (Lipinski definition) is 2. The average molecular weight is 903 g/mol. The second-order valence-corrected chi connectivity index (χ2v) is 20.8. The molecule has 64 heavy (non-hydrogen) atoms. The van der Waals surface area contributed by atoms with Crippen molar-refractivity contribution >= 4 is 40.6 Å². The van der Waals surface area contributed by atoms with Gasteiger partial charge in [0.1, 0.15) is 11.7 Å². The van der Waals surface area contributed by atoms with Crippen molar-refractivity contribution in [2.45, 2.75) is 166 Å². The minimum atomic E-state index is -0.971. The van der Waals surface area contributed by atoms with Gasteiger partial charge < -0.3 is 29.2 Å². The Morgan fingerprint density at radius 3 is 2.53 bits per heavy atom. The standard InChI is InChI=1S/C52H70O11S/c1-34(2)62-48(58)14-10-5-4-9-13-39-40(45(55)32-44(39)54)20-18-38(17-15-35-11-7-6-8-12-35)63-49(59)64-30-24-47(57)60-33-46(56)52-27-23-43-41-19-16-36-31-37(53)21-25-50(36,3)42(41)22-26-51(43,52)28-29-61-52/h4,6-9,11-12,22,31,34,38-41,43-45,54-55H,5,10,13-21,23-30,32-33H2,1-3H3/b9-4-/t38-,39+,40+,41+,43-,44-,45+,50?,51?,52-/m0/s1. The second-order valence-electron chi connectivity index (χ2n) is 19.8. The van der Waals surface area contributed by atoms with Gasteiger partial charge in [-0.2, -0.15) is 0 Å². The van der Waals surface area contributed by atoms with Crippen LogP contribution in [0.3, 0.4) is 0 Å². The van der Waals surface area contributed by atoms with Crippen LogP contribution in [-0.4, -0.2) is 88.0 Å². The van der Waals surface area contributed by atoms with Crippen LogP contribution in [0.25, 0.3) is 0 Å². The van der Waals surface area contributed by atoms with Crippen LogP contribution in [0, 0.1) is 34.5 Å². The molecule has 4 fully saturated rings. The molecule has 1 aromatic rings. The topological polar surface area (TPSA) is 163 Å². The van der Waals surface area contributed by atoms with E-state index in [-0.39, 0.29) is 65.1 Å². The van der Waals surface area contributed by atoms with E-state index >= 15 is 0 Å². The highest BCUT2D eigenvalue weighted by atomic mass is 32.2. The predicted molar refractivity (Wildman–Crippen MR) is 244 cm³/mol. The lowest BCUT2D eigenvalue weighted by atomic mass is 9.50. The summed E-state index contributed by atoms with van der Waals surface area (Å²) in [7, 11) is 0. The SMILES string of the molecule is CC(C)OC(=O)CCC/C=C\C[C@@H]1[C@@H](CC[C@H](CCc2ccccc2)OC(=O)SCCC(=O)OCC(=O)[C@@]23CC[C@H]4[C@@H]5CCC6=CC(=O)CCC6(C)C5=CCC42CCO3)[C@H](O)C[C@@H]1O. The van der Waals surface area contributed by atoms with Crippen LogP contribution in [0.4, 0.5) is 4.79 Å². The first-order valence-corrected chi connectivity index (χ1v) is 25.1. The molecule has 1 aromatic carbocycles. The number of aliphatic hydroxyl groups is 2. The van der Waals surface area contributed by atoms with Gasteiger partial charge in [0.25, 0.3) is 0 Å². The largest absolute Gasteiger partial charge is 0.463 e. The fraction of sp³-hybridized carbons (Fsp3) is 0.673. The lowest BCUT2D eigenvalue weighted by Gasteiger charge is -2.54. The summed E-state index contributed by atoms with van der Waals surface area (Å²) in [4.78, 5) is 64.5. The van der Waals surface area contributed by atoms with E-state index in [2.05, 4.69) is 13.0 Å². The van der Waals surface area contributed by atoms with E-state index in [1.807, 2.05) is 62.4 Å². The van der Waals surface area contributed by atoms with Crippen LogP contribution in [-0.2, 0) is 44.5 Å². The minimum absolute atomic E-state index is 0.0577. The first-order chi connectivity index (χ1) is 30.7. The molecular weight excluding hydrogens is 833 g/mol. The van der Waals surface area contributed by atoms with E-state index in [0.29, 0.717) is 82.7 Å². The Hall–Kier alpha value is -3.58. The van der Waals surface area contributed by atoms with Crippen LogP contribution in [0.2, 0.25) is 0 Å². The third-order valence-corrected chi connectivity index (χ3v) is 16.5. The third-order valence-electron chi connectivity index (χ3n) is 15.8. The fourth-order valence-electron chi connectivity index (χ4n) is 12.6. The maximum Gasteiger partial charge on any atom is 0.367 e. The number of thioether (sulfide) groups is 1. The van der Waals surface area contributed by atoms with Gasteiger partial charge in [0, 0.05) is 36.0 Å². The minimum Gasteiger partial charge on any atom is -0.463 e. The van der Waals surface area contributed by atoms with Crippen LogP contribution in [0.5, 0.6) is 0 Å². The number of allylic oxidation sites excluding steroid dienone is 6. The van der Waals surface area contributed by atoms with Crippen molar-refractivity contribution in [1.82, 2.24) is 0 Å². The molecule has 2 unspecified atom stereocenters. The van der Waals surface area contributed by atoms with Crippen LogP contribution in [0.1, 0.15) is 135 Å². The van der Waals surface area contributed by atoms with Crippen molar-refractivity contribution in [2.75, 3.05) is 19.0 Å². The molecule has 5 aliphatic carbocycles. The number of fused-ring (bicyclic) bond motifs is 4. The van der Waals surface area contributed by atoms with Crippen molar-refractivity contribution in [3.05, 3.63) is 71.3 Å². The number of carbonyl (C=O) groups is 5. The number of ketones is 2. The number of unbranched alkanes of at least 4 members (excludes halogenated alkanes) is 1. The van der Waals surface area contributed by atoms with Crippen LogP contribution < -0.4 is 0 Å². The van der Waals surface area contributed by atoms with Gasteiger partial charge in [-0.15, -0.1) is 0 Å². The quantitative estimate of drug-likeness (QED) is 0.0553. The van der Waals surface area contributed by atoms with Gasteiger partial charge in [-0.25, -0.2) is 4.79 Å². The Balaban J connectivity index is 0.879. The zero-order valence-electron chi connectivity index (χ0n) is 38.1. The number of Topliss-reactive ketones (excluding diaryl/α,β-unsaturated/α-hetero) is 1. The maximum absolute atomic E-state index is 14.1. The molecule has 0 bridgehead atoms. The molecule has 350 valence electrons. The Morgan fingerprint density at radius 1 is 0.938 bits per heavy atom. The molecule has 1 aliphatic heterocycles. The molecule has 1 saturated heterocycles. The van der Waals surface area contributed by atoms with Crippen molar-refractivity contribution in [2.24, 2.45) is 34.5 Å². The second kappa shape index (κ2) is 21.4. The van der Waals surface area contributed by atoms with Gasteiger partial charge in [-0.05, 0) is 157 Å². The summed E-state index contributed by atoms with van der Waals surface area (Å²) in [6.07, 6.45) is 17.8. The monoisotopic (exact) mass is 902 g/mol. The van der Waals surface area contributed by atoms with Crippen molar-refractivity contribution in [3.63, 3.8) is 0 Å². The zero-order valence-corrected chi connectivity index (χ0v) is 39.0. The summed E-state index contributed by atoms with van der Waals surface area (Å²) in [5.74, 6) is -0.192. The zero-order chi connectivity index (χ0) is 45.5. The van der Waals surface area contributed by atoms with E-state index in [0.717, 1.165) is 62.3 Å². The number of rotatable bonds is 20. The number of aryl methyl sites for hydroxylation is 1. The number of ether oxygens (including phenoxy) is 4. The summed E-state index contributed by atoms with van der Waals surface area (Å²) in [6.45, 7) is 6.11. The van der Waals surface area contributed by atoms with Gasteiger partial charge in [-0.1, -0.05) is 66.6 Å². The first kappa shape index (κ1) is 48.4. The molecular formula is C52H70O11S. The van der Waals surface area contributed by atoms with E-state index in [1.165, 1.54) is 11.1 Å². The number of carbonyl (C=O) groups excluding carboxylic acids is 5. The Bertz CT molecular complexity index is 1940. The predicted octanol–water partition coefficient (Wildman–Crippen LogP) is 9.16. The molecule has 6 aliphatic rings. The molecule has 10 atom stereocenters. The highest BCUT2D eigenvalue weighted by molar-refractivity contribution is 8.13. The molecule has 0 radical (unpaired) electrons. The maximum atomic E-state index is 14.1. The Morgan fingerprint density at radius 2 is 1.73 bits per heavy atom. The van der Waals surface area contributed by atoms with Gasteiger partial charge in [0.15, 0.2) is 12.4 Å². The van der Waals surface area contributed by atoms with Crippen molar-refractivity contribution in [1.29, 1.82) is 0 Å². The van der Waals surface area contributed by atoms with Crippen molar-refractivity contribution < 1.29 is 53.1 Å². The number of esters is 2. The smallest absolute Gasteiger partial charge is 0.367 e. The normalized spacial score (nSPS) is 32.2. The first-order valence-electron chi connectivity index (χ1n) is 24.1. The van der Waals surface area contributed by atoms with Gasteiger partial charge in [-0.3, -0.25) is 19.2 Å². The van der Waals surface area contributed by atoms with E-state index in [1.54, 1.807) is 0 Å². The van der Waals surface area contributed by atoms with E-state index in [9.17, 15) is 34.2 Å². The third kappa shape index (κ3) is 10.7. The van der Waals surface area contributed by atoms with Crippen molar-refractivity contribution in [3.8, 4) is 0 Å². The van der Waals surface area contributed by atoms with E-state index < -0.39 is 35.2 Å². The number of benzene rings is 1. The fourth-order valence-corrected chi connectivity index (χ4v) is 13.2. The summed E-state index contributed by atoms with van der Waals surface area (Å²) in [5.41, 5.74) is 2.46. The molecule has 1 heterocycles. The molecule has 0 aromatic heterocycles. The molecule has 0 amide bonds. The lowest BCUT2D eigenvalue weighted by molar-refractivity contribution is -0.161.